The normalized spacial score (nSPS) is 13.9. The second kappa shape index (κ2) is 9.02. The van der Waals surface area contributed by atoms with Crippen LogP contribution in [0.4, 0.5) is 5.69 Å². The number of nitrogens with one attached hydrogen (secondary N) is 2. The number of rotatable bonds is 6. The number of aryl methyl sites for hydroxylation is 5. The van der Waals surface area contributed by atoms with Gasteiger partial charge in [-0.25, -0.2) is 8.42 Å². The minimum Gasteiger partial charge on any atom is -0.346 e. The number of hydrogen-bond donors (Lipinski definition) is 2. The molecule has 172 valence electrons. The van der Waals surface area contributed by atoms with Crippen LogP contribution in [-0.2, 0) is 22.9 Å². The van der Waals surface area contributed by atoms with Crippen LogP contribution in [0.5, 0.6) is 0 Å². The first-order chi connectivity index (χ1) is 15.6. The van der Waals surface area contributed by atoms with E-state index < -0.39 is 10.0 Å². The van der Waals surface area contributed by atoms with Crippen molar-refractivity contribution in [3.8, 4) is 0 Å². The van der Waals surface area contributed by atoms with Gasteiger partial charge in [-0.15, -0.1) is 0 Å². The van der Waals surface area contributed by atoms with Gasteiger partial charge in [-0.3, -0.25) is 9.52 Å². The number of carbonyl (C=O) groups is 1. The van der Waals surface area contributed by atoms with E-state index in [1.54, 1.807) is 25.1 Å². The van der Waals surface area contributed by atoms with Crippen molar-refractivity contribution in [3.05, 3.63) is 93.5 Å². The Morgan fingerprint density at radius 3 is 2.39 bits per heavy atom. The van der Waals surface area contributed by atoms with E-state index in [0.717, 1.165) is 29.5 Å². The van der Waals surface area contributed by atoms with E-state index in [1.165, 1.54) is 23.6 Å². The summed E-state index contributed by atoms with van der Waals surface area (Å²) in [6.07, 6.45) is 3.37. The maximum atomic E-state index is 13.1. The van der Waals surface area contributed by atoms with Crippen LogP contribution in [0, 0.1) is 20.8 Å². The van der Waals surface area contributed by atoms with Gasteiger partial charge < -0.3 is 5.32 Å². The zero-order chi connectivity index (χ0) is 23.8. The summed E-state index contributed by atoms with van der Waals surface area (Å²) in [7, 11) is -3.85. The molecule has 0 aliphatic heterocycles. The zero-order valence-corrected chi connectivity index (χ0v) is 20.3. The fourth-order valence-electron chi connectivity index (χ4n) is 4.38. The fraction of sp³-hybridized carbons (Fsp3) is 0.296. The number of anilines is 1. The van der Waals surface area contributed by atoms with Crippen LogP contribution in [0.25, 0.3) is 0 Å². The monoisotopic (exact) mass is 462 g/mol. The fourth-order valence-corrected chi connectivity index (χ4v) is 5.79. The summed E-state index contributed by atoms with van der Waals surface area (Å²) in [6, 6.07) is 16.5. The Balaban J connectivity index is 1.55. The lowest BCUT2D eigenvalue weighted by atomic mass is 10.0. The van der Waals surface area contributed by atoms with Crippen LogP contribution in [0.15, 0.2) is 59.5 Å². The highest BCUT2D eigenvalue weighted by molar-refractivity contribution is 7.92. The van der Waals surface area contributed by atoms with Crippen molar-refractivity contribution in [2.75, 3.05) is 4.72 Å². The molecule has 2 N–H and O–H groups in total. The average molecular weight is 463 g/mol. The predicted octanol–water partition coefficient (Wildman–Crippen LogP) is 5.39. The van der Waals surface area contributed by atoms with Crippen LogP contribution >= 0.6 is 0 Å². The lowest BCUT2D eigenvalue weighted by molar-refractivity contribution is 0.0939. The van der Waals surface area contributed by atoms with E-state index in [-0.39, 0.29) is 16.8 Å². The third-order valence-electron chi connectivity index (χ3n) is 6.34. The van der Waals surface area contributed by atoms with Gasteiger partial charge in [0.15, 0.2) is 0 Å². The van der Waals surface area contributed by atoms with Crippen molar-refractivity contribution < 1.29 is 13.2 Å². The van der Waals surface area contributed by atoms with Crippen LogP contribution in [-0.4, -0.2) is 14.3 Å². The molecule has 0 fully saturated rings. The highest BCUT2D eigenvalue weighted by Gasteiger charge is 2.21. The maximum Gasteiger partial charge on any atom is 0.262 e. The molecule has 3 aromatic carbocycles. The number of sulfonamides is 1. The lowest BCUT2D eigenvalue weighted by Gasteiger charge is -2.17. The van der Waals surface area contributed by atoms with Gasteiger partial charge in [0.2, 0.25) is 0 Å². The Hall–Kier alpha value is -3.12. The third kappa shape index (κ3) is 4.96. The van der Waals surface area contributed by atoms with Gasteiger partial charge in [0, 0.05) is 5.56 Å². The molecule has 0 radical (unpaired) electrons. The summed E-state index contributed by atoms with van der Waals surface area (Å²) in [5, 5.41) is 3.01. The second-order valence-electron chi connectivity index (χ2n) is 8.98. The van der Waals surface area contributed by atoms with E-state index in [9.17, 15) is 13.2 Å². The molecule has 5 nitrogen and oxygen atoms in total. The van der Waals surface area contributed by atoms with E-state index in [1.807, 2.05) is 32.9 Å². The van der Waals surface area contributed by atoms with Gasteiger partial charge in [-0.2, -0.15) is 0 Å². The minimum absolute atomic E-state index is 0.0975. The van der Waals surface area contributed by atoms with Crippen LogP contribution < -0.4 is 10.0 Å². The highest BCUT2D eigenvalue weighted by atomic mass is 32.2. The van der Waals surface area contributed by atoms with Gasteiger partial charge in [0.25, 0.3) is 15.9 Å². The Bertz CT molecular complexity index is 1330. The maximum absolute atomic E-state index is 13.1. The number of benzene rings is 3. The van der Waals surface area contributed by atoms with Gasteiger partial charge in [-0.1, -0.05) is 42.0 Å². The van der Waals surface area contributed by atoms with E-state index in [0.29, 0.717) is 16.8 Å². The van der Waals surface area contributed by atoms with Gasteiger partial charge >= 0.3 is 0 Å². The Kier molecular flexibility index (Phi) is 6.30. The Morgan fingerprint density at radius 2 is 1.64 bits per heavy atom. The van der Waals surface area contributed by atoms with Crippen molar-refractivity contribution in [3.63, 3.8) is 0 Å². The molecule has 1 atom stereocenters. The number of hydrogen-bond acceptors (Lipinski definition) is 3. The zero-order valence-electron chi connectivity index (χ0n) is 19.5. The molecular formula is C27H30N2O3S. The SMILES string of the molecule is Cc1ccc(NS(=O)(=O)c2cc(C(=O)NC(C)c3ccc4c(c3)CCC4)ccc2C)c(C)c1. The summed E-state index contributed by atoms with van der Waals surface area (Å²) in [5.41, 5.74) is 7.12. The van der Waals surface area contributed by atoms with Gasteiger partial charge in [0.1, 0.15) is 0 Å². The second-order valence-corrected chi connectivity index (χ2v) is 10.6. The summed E-state index contributed by atoms with van der Waals surface area (Å²) < 4.78 is 29.0. The van der Waals surface area contributed by atoms with Crippen LogP contribution in [0.3, 0.4) is 0 Å². The van der Waals surface area contributed by atoms with Crippen molar-refractivity contribution >= 4 is 21.6 Å². The topological polar surface area (TPSA) is 75.3 Å². The molecule has 0 spiro atoms. The molecule has 0 saturated carbocycles. The van der Waals surface area contributed by atoms with E-state index in [4.69, 9.17) is 0 Å². The molecule has 1 unspecified atom stereocenters. The predicted molar refractivity (Wildman–Crippen MR) is 132 cm³/mol. The van der Waals surface area contributed by atoms with E-state index in [2.05, 4.69) is 28.2 Å². The summed E-state index contributed by atoms with van der Waals surface area (Å²) in [4.78, 5) is 13.1. The number of amides is 1. The first-order valence-corrected chi connectivity index (χ1v) is 12.8. The molecule has 3 aromatic rings. The summed E-state index contributed by atoms with van der Waals surface area (Å²) >= 11 is 0. The Labute approximate surface area is 196 Å². The van der Waals surface area contributed by atoms with E-state index >= 15 is 0 Å². The largest absolute Gasteiger partial charge is 0.346 e. The lowest BCUT2D eigenvalue weighted by Crippen LogP contribution is -2.27. The Morgan fingerprint density at radius 1 is 0.879 bits per heavy atom. The van der Waals surface area contributed by atoms with Gasteiger partial charge in [0.05, 0.1) is 16.6 Å². The molecule has 0 aromatic heterocycles. The average Bonchev–Trinajstić information content (AvgIpc) is 3.23. The molecule has 1 aliphatic rings. The summed E-state index contributed by atoms with van der Waals surface area (Å²) in [6.45, 7) is 7.50. The highest BCUT2D eigenvalue weighted by Crippen LogP contribution is 2.26. The van der Waals surface area contributed by atoms with Crippen LogP contribution in [0.2, 0.25) is 0 Å². The van der Waals surface area contributed by atoms with Gasteiger partial charge in [-0.05, 0) is 93.0 Å². The van der Waals surface area contributed by atoms with Crippen LogP contribution in [0.1, 0.15) is 63.1 Å². The molecule has 0 saturated heterocycles. The molecule has 0 bridgehead atoms. The quantitative estimate of drug-likeness (QED) is 0.516. The molecular weight excluding hydrogens is 432 g/mol. The molecule has 6 heteroatoms. The standard InChI is InChI=1S/C27H30N2O3S/c1-17-8-13-25(19(3)14-17)29-33(31,32)26-16-24(10-9-18(26)2)27(30)28-20(4)22-12-11-21-6-5-7-23(21)15-22/h8-16,20,29H,5-7H2,1-4H3,(H,28,30). The summed E-state index contributed by atoms with van der Waals surface area (Å²) in [5.74, 6) is -0.300. The molecule has 1 amide bonds. The van der Waals surface area contributed by atoms with Crippen molar-refractivity contribution in [1.82, 2.24) is 5.32 Å². The smallest absolute Gasteiger partial charge is 0.262 e. The molecule has 0 heterocycles. The molecule has 1 aliphatic carbocycles. The first-order valence-electron chi connectivity index (χ1n) is 11.3. The minimum atomic E-state index is -3.85. The number of carbonyl (C=O) groups excluding carboxylic acids is 1. The van der Waals surface area contributed by atoms with Crippen molar-refractivity contribution in [1.29, 1.82) is 0 Å². The van der Waals surface area contributed by atoms with Crippen molar-refractivity contribution in [2.24, 2.45) is 0 Å². The molecule has 33 heavy (non-hydrogen) atoms. The van der Waals surface area contributed by atoms with Crippen molar-refractivity contribution in [2.45, 2.75) is 57.9 Å². The number of fused-ring (bicyclic) bond motifs is 1. The third-order valence-corrected chi connectivity index (χ3v) is 7.84. The first kappa shape index (κ1) is 23.1. The molecule has 4 rings (SSSR count).